The van der Waals surface area contributed by atoms with E-state index in [1.54, 1.807) is 0 Å². The van der Waals surface area contributed by atoms with Gasteiger partial charge in [-0.3, -0.25) is 4.79 Å². The van der Waals surface area contributed by atoms with E-state index in [2.05, 4.69) is 5.32 Å². The minimum absolute atomic E-state index is 0.155. The van der Waals surface area contributed by atoms with E-state index < -0.39 is 17.5 Å². The topological polar surface area (TPSA) is 90.4 Å². The molecule has 0 saturated carbocycles. The molecule has 0 aliphatic carbocycles. The largest absolute Gasteiger partial charge is 0.492 e. The number of hydrogen-bond acceptors (Lipinski definition) is 5. The number of nitrogens with one attached hydrogen (secondary N) is 1. The highest BCUT2D eigenvalue weighted by Gasteiger charge is 2.20. The van der Waals surface area contributed by atoms with Crippen LogP contribution in [0, 0.1) is 11.6 Å². The van der Waals surface area contributed by atoms with E-state index >= 15 is 0 Å². The molecule has 112 valence electrons. The molecule has 1 heterocycles. The van der Waals surface area contributed by atoms with Crippen LogP contribution in [0.15, 0.2) is 18.2 Å². The maximum absolute atomic E-state index is 13.1. The molecule has 5 nitrogen and oxygen atoms in total. The van der Waals surface area contributed by atoms with E-state index in [1.807, 2.05) is 0 Å². The number of rotatable bonds is 5. The van der Waals surface area contributed by atoms with Gasteiger partial charge in [-0.25, -0.2) is 8.78 Å². The molecule has 0 spiro atoms. The first kappa shape index (κ1) is 15.0. The number of nitrogens with two attached hydrogens (primary N) is 2. The molecular formula is C13H13F2N3O2S. The second kappa shape index (κ2) is 5.96. The summed E-state index contributed by atoms with van der Waals surface area (Å²) in [5, 5.41) is 3.45. The van der Waals surface area contributed by atoms with Crippen molar-refractivity contribution in [1.82, 2.24) is 0 Å². The molecule has 0 atom stereocenters. The molecule has 2 aromatic rings. The highest BCUT2D eigenvalue weighted by Crippen LogP contribution is 2.42. The number of benzene rings is 1. The molecule has 0 saturated heterocycles. The summed E-state index contributed by atoms with van der Waals surface area (Å²) in [6, 6.07) is 3.58. The lowest BCUT2D eigenvalue weighted by atomic mass is 10.2. The van der Waals surface area contributed by atoms with E-state index in [-0.39, 0.29) is 17.1 Å². The van der Waals surface area contributed by atoms with Gasteiger partial charge in [-0.2, -0.15) is 0 Å². The first-order valence-electron chi connectivity index (χ1n) is 5.88. The maximum Gasteiger partial charge on any atom is 0.261 e. The molecule has 1 aromatic heterocycles. The fourth-order valence-electron chi connectivity index (χ4n) is 1.76. The first-order chi connectivity index (χ1) is 9.93. The monoisotopic (exact) mass is 313 g/mol. The Morgan fingerprint density at radius 1 is 1.38 bits per heavy atom. The number of thiophene rings is 1. The third-order valence-corrected chi connectivity index (χ3v) is 3.92. The lowest BCUT2D eigenvalue weighted by Crippen LogP contribution is -2.10. The second-order valence-electron chi connectivity index (χ2n) is 4.17. The average Bonchev–Trinajstić information content (AvgIpc) is 2.76. The maximum atomic E-state index is 13.1. The Kier molecular flexibility index (Phi) is 4.27. The van der Waals surface area contributed by atoms with Crippen molar-refractivity contribution in [2.24, 2.45) is 5.73 Å². The summed E-state index contributed by atoms with van der Waals surface area (Å²) < 4.78 is 31.1. The van der Waals surface area contributed by atoms with Gasteiger partial charge in [-0.05, 0) is 17.7 Å². The van der Waals surface area contributed by atoms with Crippen LogP contribution in [0.5, 0.6) is 5.75 Å². The number of methoxy groups -OCH3 is 1. The van der Waals surface area contributed by atoms with Crippen molar-refractivity contribution in [2.75, 3.05) is 18.2 Å². The van der Waals surface area contributed by atoms with Gasteiger partial charge in [-0.15, -0.1) is 11.3 Å². The summed E-state index contributed by atoms with van der Waals surface area (Å²) in [4.78, 5) is 11.4. The number of anilines is 2. The van der Waals surface area contributed by atoms with Crippen molar-refractivity contribution in [2.45, 2.75) is 6.54 Å². The van der Waals surface area contributed by atoms with Gasteiger partial charge >= 0.3 is 0 Å². The van der Waals surface area contributed by atoms with Crippen molar-refractivity contribution in [3.8, 4) is 5.75 Å². The van der Waals surface area contributed by atoms with E-state index in [0.717, 1.165) is 23.5 Å². The predicted molar refractivity (Wildman–Crippen MR) is 77.5 cm³/mol. The Morgan fingerprint density at radius 2 is 2.10 bits per heavy atom. The molecule has 1 aromatic carbocycles. The Labute approximate surface area is 123 Å². The number of halogens is 2. The van der Waals surface area contributed by atoms with E-state index in [0.29, 0.717) is 16.3 Å². The molecule has 0 aliphatic rings. The van der Waals surface area contributed by atoms with Gasteiger partial charge in [0.1, 0.15) is 15.6 Å². The van der Waals surface area contributed by atoms with Crippen LogP contribution < -0.4 is 21.5 Å². The fourth-order valence-corrected chi connectivity index (χ4v) is 2.70. The minimum Gasteiger partial charge on any atom is -0.492 e. The SMILES string of the molecule is COc1c(NCc2ccc(F)c(F)c2)sc(C(N)=O)c1N. The lowest BCUT2D eigenvalue weighted by molar-refractivity contribution is 0.100. The number of carbonyl (C=O) groups excluding carboxylic acids is 1. The quantitative estimate of drug-likeness (QED) is 0.790. The number of nitrogen functional groups attached to an aromatic ring is 1. The molecule has 0 bridgehead atoms. The van der Waals surface area contributed by atoms with Gasteiger partial charge in [0, 0.05) is 6.54 Å². The van der Waals surface area contributed by atoms with Crippen molar-refractivity contribution in [3.05, 3.63) is 40.3 Å². The summed E-state index contributed by atoms with van der Waals surface area (Å²) >= 11 is 1.04. The molecule has 2 rings (SSSR count). The van der Waals surface area contributed by atoms with Gasteiger partial charge in [-0.1, -0.05) is 6.07 Å². The number of ether oxygens (including phenoxy) is 1. The number of amides is 1. The molecule has 8 heteroatoms. The fraction of sp³-hybridized carbons (Fsp3) is 0.154. The molecule has 21 heavy (non-hydrogen) atoms. The molecular weight excluding hydrogens is 300 g/mol. The number of primary amides is 1. The van der Waals surface area contributed by atoms with Crippen LogP contribution in [-0.2, 0) is 6.54 Å². The summed E-state index contributed by atoms with van der Waals surface area (Å²) in [5.74, 6) is -2.19. The molecule has 0 aliphatic heterocycles. The third kappa shape index (κ3) is 3.05. The van der Waals surface area contributed by atoms with Gasteiger partial charge < -0.3 is 21.5 Å². The standard InChI is InChI=1S/C13H13F2N3O2S/c1-20-10-9(16)11(12(17)19)21-13(10)18-5-6-2-3-7(14)8(15)4-6/h2-4,18H,5,16H2,1H3,(H2,17,19). The van der Waals surface area contributed by atoms with Crippen LogP contribution in [0.2, 0.25) is 0 Å². The molecule has 1 amide bonds. The normalized spacial score (nSPS) is 10.4. The predicted octanol–water partition coefficient (Wildman–Crippen LogP) is 2.33. The van der Waals surface area contributed by atoms with Gasteiger partial charge in [0.05, 0.1) is 7.11 Å². The molecule has 0 radical (unpaired) electrons. The Hall–Kier alpha value is -2.35. The number of hydrogen-bond donors (Lipinski definition) is 3. The Bertz CT molecular complexity index is 688. The first-order valence-corrected chi connectivity index (χ1v) is 6.69. The van der Waals surface area contributed by atoms with Crippen LogP contribution in [0.1, 0.15) is 15.2 Å². The highest BCUT2D eigenvalue weighted by molar-refractivity contribution is 7.19. The smallest absolute Gasteiger partial charge is 0.261 e. The van der Waals surface area contributed by atoms with E-state index in [4.69, 9.17) is 16.2 Å². The zero-order valence-corrected chi connectivity index (χ0v) is 11.9. The van der Waals surface area contributed by atoms with Crippen LogP contribution in [0.3, 0.4) is 0 Å². The zero-order valence-electron chi connectivity index (χ0n) is 11.1. The minimum atomic E-state index is -0.926. The van der Waals surface area contributed by atoms with Crippen LogP contribution in [0.25, 0.3) is 0 Å². The molecule has 5 N–H and O–H groups in total. The molecule has 0 fully saturated rings. The number of carbonyl (C=O) groups is 1. The summed E-state index contributed by atoms with van der Waals surface area (Å²) in [7, 11) is 1.41. The van der Waals surface area contributed by atoms with Crippen LogP contribution in [0.4, 0.5) is 19.5 Å². The zero-order chi connectivity index (χ0) is 15.6. The third-order valence-electron chi connectivity index (χ3n) is 2.76. The Balaban J connectivity index is 2.21. The van der Waals surface area contributed by atoms with Gasteiger partial charge in [0.15, 0.2) is 17.4 Å². The average molecular weight is 313 g/mol. The van der Waals surface area contributed by atoms with Crippen molar-refractivity contribution in [3.63, 3.8) is 0 Å². The van der Waals surface area contributed by atoms with E-state index in [9.17, 15) is 13.6 Å². The lowest BCUT2D eigenvalue weighted by Gasteiger charge is -2.07. The van der Waals surface area contributed by atoms with Crippen molar-refractivity contribution < 1.29 is 18.3 Å². The van der Waals surface area contributed by atoms with Crippen LogP contribution in [-0.4, -0.2) is 13.0 Å². The van der Waals surface area contributed by atoms with Gasteiger partial charge in [0.25, 0.3) is 5.91 Å². The van der Waals surface area contributed by atoms with Crippen molar-refractivity contribution in [1.29, 1.82) is 0 Å². The van der Waals surface area contributed by atoms with Crippen molar-refractivity contribution >= 4 is 27.9 Å². The highest BCUT2D eigenvalue weighted by atomic mass is 32.1. The molecule has 0 unspecified atom stereocenters. The summed E-state index contributed by atoms with van der Waals surface area (Å²) in [6.07, 6.45) is 0. The van der Waals surface area contributed by atoms with Crippen LogP contribution >= 0.6 is 11.3 Å². The second-order valence-corrected chi connectivity index (χ2v) is 5.19. The summed E-state index contributed by atoms with van der Waals surface area (Å²) in [6.45, 7) is 0.214. The Morgan fingerprint density at radius 3 is 2.67 bits per heavy atom. The van der Waals surface area contributed by atoms with E-state index in [1.165, 1.54) is 13.2 Å². The van der Waals surface area contributed by atoms with Gasteiger partial charge in [0.2, 0.25) is 0 Å². The summed E-state index contributed by atoms with van der Waals surface area (Å²) in [5.41, 5.74) is 11.7.